The average Bonchev–Trinajstić information content (AvgIpc) is 2.90. The van der Waals surface area contributed by atoms with E-state index in [2.05, 4.69) is 5.32 Å². The third-order valence-corrected chi connectivity index (χ3v) is 4.43. The molecule has 120 valence electrons. The van der Waals surface area contributed by atoms with Crippen molar-refractivity contribution in [2.24, 2.45) is 11.3 Å². The minimum absolute atomic E-state index is 0.0998. The van der Waals surface area contributed by atoms with Gasteiger partial charge in [0.15, 0.2) is 0 Å². The number of nitrogens with one attached hydrogen (secondary N) is 1. The van der Waals surface area contributed by atoms with Gasteiger partial charge in [0.2, 0.25) is 5.91 Å². The summed E-state index contributed by atoms with van der Waals surface area (Å²) < 4.78 is 10.8. The molecular weight excluding hydrogens is 274 g/mol. The van der Waals surface area contributed by atoms with Crippen LogP contribution < -0.4 is 5.32 Å². The van der Waals surface area contributed by atoms with E-state index in [0.717, 1.165) is 39.1 Å². The Bertz CT molecular complexity index is 361. The van der Waals surface area contributed by atoms with Gasteiger partial charge < -0.3 is 19.9 Å². The molecule has 0 radical (unpaired) electrons. The first-order chi connectivity index (χ1) is 10.1. The van der Waals surface area contributed by atoms with Crippen molar-refractivity contribution in [2.75, 3.05) is 33.0 Å². The Balaban J connectivity index is 1.50. The van der Waals surface area contributed by atoms with Crippen LogP contribution in [0, 0.1) is 11.3 Å². The second-order valence-electron chi connectivity index (χ2n) is 6.12. The molecule has 1 aliphatic heterocycles. The van der Waals surface area contributed by atoms with Crippen LogP contribution in [0.1, 0.15) is 38.5 Å². The maximum atomic E-state index is 11.8. The number of aliphatic carboxylic acids is 1. The van der Waals surface area contributed by atoms with Gasteiger partial charge >= 0.3 is 5.97 Å². The molecule has 0 aromatic heterocycles. The summed E-state index contributed by atoms with van der Waals surface area (Å²) >= 11 is 0. The number of rotatable bonds is 9. The fourth-order valence-electron chi connectivity index (χ4n) is 2.81. The number of ether oxygens (including phenoxy) is 2. The Hall–Kier alpha value is -1.14. The summed E-state index contributed by atoms with van der Waals surface area (Å²) in [5.41, 5.74) is -0.803. The Morgan fingerprint density at radius 2 is 2.19 bits per heavy atom. The highest BCUT2D eigenvalue weighted by Crippen LogP contribution is 2.44. The normalized spacial score (nSPS) is 23.5. The van der Waals surface area contributed by atoms with E-state index in [1.165, 1.54) is 0 Å². The fourth-order valence-corrected chi connectivity index (χ4v) is 2.81. The predicted octanol–water partition coefficient (Wildman–Crippen LogP) is 1.19. The van der Waals surface area contributed by atoms with Gasteiger partial charge in [-0.15, -0.1) is 0 Å². The second-order valence-corrected chi connectivity index (χ2v) is 6.12. The molecule has 1 heterocycles. The highest BCUT2D eigenvalue weighted by atomic mass is 16.5. The summed E-state index contributed by atoms with van der Waals surface area (Å²) in [4.78, 5) is 22.9. The van der Waals surface area contributed by atoms with Crippen molar-refractivity contribution in [3.8, 4) is 0 Å². The van der Waals surface area contributed by atoms with E-state index in [-0.39, 0.29) is 12.3 Å². The molecular formula is C15H25NO5. The van der Waals surface area contributed by atoms with Crippen LogP contribution in [0.25, 0.3) is 0 Å². The molecule has 21 heavy (non-hydrogen) atoms. The van der Waals surface area contributed by atoms with Crippen molar-refractivity contribution in [1.82, 2.24) is 5.32 Å². The van der Waals surface area contributed by atoms with Crippen molar-refractivity contribution in [1.29, 1.82) is 0 Å². The van der Waals surface area contributed by atoms with Crippen molar-refractivity contribution >= 4 is 11.9 Å². The minimum atomic E-state index is -0.842. The van der Waals surface area contributed by atoms with Crippen LogP contribution in [0.15, 0.2) is 0 Å². The number of carboxylic acids is 1. The van der Waals surface area contributed by atoms with Crippen LogP contribution in [-0.2, 0) is 19.1 Å². The first-order valence-electron chi connectivity index (χ1n) is 7.78. The summed E-state index contributed by atoms with van der Waals surface area (Å²) in [5, 5.41) is 12.0. The zero-order valence-electron chi connectivity index (χ0n) is 12.4. The number of amides is 1. The van der Waals surface area contributed by atoms with E-state index in [1.807, 2.05) is 0 Å². The predicted molar refractivity (Wildman–Crippen MR) is 75.9 cm³/mol. The lowest BCUT2D eigenvalue weighted by Gasteiger charge is -2.36. The second kappa shape index (κ2) is 7.75. The molecule has 0 spiro atoms. The number of hydrogen-bond donors (Lipinski definition) is 2. The molecule has 2 rings (SSSR count). The van der Waals surface area contributed by atoms with E-state index in [9.17, 15) is 9.59 Å². The first kappa shape index (κ1) is 16.2. The molecule has 1 amide bonds. The van der Waals surface area contributed by atoms with Crippen molar-refractivity contribution in [2.45, 2.75) is 38.5 Å². The van der Waals surface area contributed by atoms with Crippen molar-refractivity contribution in [3.05, 3.63) is 0 Å². The zero-order valence-corrected chi connectivity index (χ0v) is 12.4. The van der Waals surface area contributed by atoms with Gasteiger partial charge in [-0.1, -0.05) is 6.42 Å². The number of carboxylic acid groups (broad SMARTS) is 1. The molecule has 1 aliphatic carbocycles. The molecule has 2 fully saturated rings. The van der Waals surface area contributed by atoms with Crippen LogP contribution in [-0.4, -0.2) is 50.0 Å². The summed E-state index contributed by atoms with van der Waals surface area (Å²) in [7, 11) is 0. The molecule has 2 aliphatic rings. The topological polar surface area (TPSA) is 84.9 Å². The van der Waals surface area contributed by atoms with Gasteiger partial charge in [-0.25, -0.2) is 0 Å². The third kappa shape index (κ3) is 4.68. The lowest BCUT2D eigenvalue weighted by molar-refractivity contribution is -0.157. The summed E-state index contributed by atoms with van der Waals surface area (Å²) in [6.07, 6.45) is 4.04. The standard InChI is InChI=1S/C15H25NO5/c17-13(9-15(14(18)19)4-1-5-15)16-6-2-7-20-10-12-3-8-21-11-12/h12H,1-11H2,(H,16,17)(H,18,19). The lowest BCUT2D eigenvalue weighted by atomic mass is 9.66. The average molecular weight is 299 g/mol. The van der Waals surface area contributed by atoms with Crippen LogP contribution in [0.2, 0.25) is 0 Å². The van der Waals surface area contributed by atoms with Gasteiger partial charge in [0, 0.05) is 32.1 Å². The molecule has 1 saturated carbocycles. The van der Waals surface area contributed by atoms with E-state index in [4.69, 9.17) is 14.6 Å². The molecule has 0 aromatic carbocycles. The lowest BCUT2D eigenvalue weighted by Crippen LogP contribution is -2.42. The van der Waals surface area contributed by atoms with Crippen molar-refractivity contribution in [3.63, 3.8) is 0 Å². The van der Waals surface area contributed by atoms with Gasteiger partial charge in [-0.2, -0.15) is 0 Å². The van der Waals surface area contributed by atoms with Gasteiger partial charge in [-0.05, 0) is 25.7 Å². The van der Waals surface area contributed by atoms with Crippen molar-refractivity contribution < 1.29 is 24.2 Å². The first-order valence-corrected chi connectivity index (χ1v) is 7.78. The molecule has 6 heteroatoms. The zero-order chi connectivity index (χ0) is 15.1. The highest BCUT2D eigenvalue weighted by molar-refractivity contribution is 5.85. The summed E-state index contributed by atoms with van der Waals surface area (Å²) in [6.45, 7) is 3.48. The molecule has 0 bridgehead atoms. The van der Waals surface area contributed by atoms with E-state index < -0.39 is 11.4 Å². The third-order valence-electron chi connectivity index (χ3n) is 4.43. The quantitative estimate of drug-likeness (QED) is 0.625. The number of carbonyl (C=O) groups excluding carboxylic acids is 1. The number of carbonyl (C=O) groups is 2. The Labute approximate surface area is 125 Å². The minimum Gasteiger partial charge on any atom is -0.481 e. The smallest absolute Gasteiger partial charge is 0.310 e. The van der Waals surface area contributed by atoms with Gasteiger partial charge in [-0.3, -0.25) is 9.59 Å². The van der Waals surface area contributed by atoms with Crippen LogP contribution in [0.5, 0.6) is 0 Å². The fraction of sp³-hybridized carbons (Fsp3) is 0.867. The molecule has 2 N–H and O–H groups in total. The SMILES string of the molecule is O=C(CC1(C(=O)O)CCC1)NCCCOCC1CCOC1. The maximum Gasteiger partial charge on any atom is 0.310 e. The largest absolute Gasteiger partial charge is 0.481 e. The Morgan fingerprint density at radius 3 is 2.76 bits per heavy atom. The Kier molecular flexibility index (Phi) is 5.99. The molecule has 1 unspecified atom stereocenters. The van der Waals surface area contributed by atoms with Gasteiger partial charge in [0.1, 0.15) is 0 Å². The maximum absolute atomic E-state index is 11.8. The Morgan fingerprint density at radius 1 is 1.38 bits per heavy atom. The molecule has 6 nitrogen and oxygen atoms in total. The van der Waals surface area contributed by atoms with Gasteiger partial charge in [0.25, 0.3) is 0 Å². The molecule has 1 saturated heterocycles. The highest BCUT2D eigenvalue weighted by Gasteiger charge is 2.45. The van der Waals surface area contributed by atoms with E-state index in [1.54, 1.807) is 0 Å². The van der Waals surface area contributed by atoms with E-state index >= 15 is 0 Å². The van der Waals surface area contributed by atoms with E-state index in [0.29, 0.717) is 31.9 Å². The summed E-state index contributed by atoms with van der Waals surface area (Å²) in [5.74, 6) is -0.499. The summed E-state index contributed by atoms with van der Waals surface area (Å²) in [6, 6.07) is 0. The number of hydrogen-bond acceptors (Lipinski definition) is 4. The molecule has 0 aromatic rings. The van der Waals surface area contributed by atoms with Crippen LogP contribution >= 0.6 is 0 Å². The monoisotopic (exact) mass is 299 g/mol. The van der Waals surface area contributed by atoms with Gasteiger partial charge in [0.05, 0.1) is 18.6 Å². The van der Waals surface area contributed by atoms with Crippen LogP contribution in [0.3, 0.4) is 0 Å². The van der Waals surface area contributed by atoms with Crippen LogP contribution in [0.4, 0.5) is 0 Å². The molecule has 1 atom stereocenters.